The second-order valence-electron chi connectivity index (χ2n) is 3.97. The van der Waals surface area contributed by atoms with E-state index in [1.54, 1.807) is 0 Å². The maximum absolute atomic E-state index is 5.55. The van der Waals surface area contributed by atoms with Crippen molar-refractivity contribution in [2.45, 2.75) is 39.0 Å². The Labute approximate surface area is 82.0 Å². The highest BCUT2D eigenvalue weighted by atomic mass is 16.5. The van der Waals surface area contributed by atoms with Crippen LogP contribution in [0.25, 0.3) is 0 Å². The Morgan fingerprint density at radius 2 is 2.31 bits per heavy atom. The van der Waals surface area contributed by atoms with Crippen LogP contribution in [0.3, 0.4) is 0 Å². The van der Waals surface area contributed by atoms with E-state index in [4.69, 9.17) is 4.74 Å². The molecule has 0 aromatic heterocycles. The van der Waals surface area contributed by atoms with Gasteiger partial charge in [0.25, 0.3) is 0 Å². The number of rotatable bonds is 6. The highest BCUT2D eigenvalue weighted by Crippen LogP contribution is 2.13. The first-order valence-electron chi connectivity index (χ1n) is 5.72. The Morgan fingerprint density at radius 3 is 3.00 bits per heavy atom. The van der Waals surface area contributed by atoms with Crippen LogP contribution in [0.2, 0.25) is 0 Å². The Morgan fingerprint density at radius 1 is 1.38 bits per heavy atom. The van der Waals surface area contributed by atoms with Gasteiger partial charge in [0.2, 0.25) is 0 Å². The Balaban J connectivity index is 1.86. The van der Waals surface area contributed by atoms with Gasteiger partial charge < -0.3 is 10.1 Å². The molecule has 0 spiro atoms. The normalized spacial score (nSPS) is 23.3. The van der Waals surface area contributed by atoms with Crippen LogP contribution in [0.5, 0.6) is 0 Å². The number of hydrogen-bond acceptors (Lipinski definition) is 2. The van der Waals surface area contributed by atoms with Crippen molar-refractivity contribution in [3.8, 4) is 0 Å². The van der Waals surface area contributed by atoms with E-state index in [0.717, 1.165) is 19.1 Å². The zero-order valence-electron chi connectivity index (χ0n) is 8.85. The molecule has 2 nitrogen and oxygen atoms in total. The van der Waals surface area contributed by atoms with Gasteiger partial charge in [-0.3, -0.25) is 0 Å². The average Bonchev–Trinajstić information content (AvgIpc) is 2.19. The second kappa shape index (κ2) is 7.34. The molecule has 1 atom stereocenters. The van der Waals surface area contributed by atoms with Crippen LogP contribution < -0.4 is 5.32 Å². The molecule has 1 heterocycles. The molecule has 1 rings (SSSR count). The molecular formula is C11H23NO. The first-order chi connectivity index (χ1) is 6.43. The molecule has 1 unspecified atom stereocenters. The van der Waals surface area contributed by atoms with Gasteiger partial charge in [0, 0.05) is 13.2 Å². The minimum Gasteiger partial charge on any atom is -0.381 e. The molecule has 0 saturated carbocycles. The predicted octanol–water partition coefficient (Wildman–Crippen LogP) is 2.19. The van der Waals surface area contributed by atoms with E-state index < -0.39 is 0 Å². The van der Waals surface area contributed by atoms with Gasteiger partial charge in [-0.15, -0.1) is 0 Å². The lowest BCUT2D eigenvalue weighted by atomic mass is 9.97. The van der Waals surface area contributed by atoms with Crippen molar-refractivity contribution in [3.63, 3.8) is 0 Å². The third-order valence-corrected chi connectivity index (χ3v) is 2.71. The van der Waals surface area contributed by atoms with Gasteiger partial charge in [-0.1, -0.05) is 13.3 Å². The molecule has 78 valence electrons. The van der Waals surface area contributed by atoms with Crippen LogP contribution in [0, 0.1) is 5.92 Å². The maximum Gasteiger partial charge on any atom is 0.0469 e. The van der Waals surface area contributed by atoms with E-state index in [-0.39, 0.29) is 0 Å². The molecular weight excluding hydrogens is 162 g/mol. The fourth-order valence-electron chi connectivity index (χ4n) is 1.77. The van der Waals surface area contributed by atoms with E-state index in [0.29, 0.717) is 0 Å². The van der Waals surface area contributed by atoms with E-state index in [9.17, 15) is 0 Å². The first kappa shape index (κ1) is 11.0. The fourth-order valence-corrected chi connectivity index (χ4v) is 1.77. The van der Waals surface area contributed by atoms with Gasteiger partial charge in [-0.2, -0.15) is 0 Å². The molecule has 2 heteroatoms. The first-order valence-corrected chi connectivity index (χ1v) is 5.72. The number of ether oxygens (including phenoxy) is 1. The smallest absolute Gasteiger partial charge is 0.0469 e. The maximum atomic E-state index is 5.55. The number of unbranched alkanes of at least 4 members (excludes halogenated alkanes) is 1. The summed E-state index contributed by atoms with van der Waals surface area (Å²) in [7, 11) is 0. The van der Waals surface area contributed by atoms with Crippen LogP contribution in [0.4, 0.5) is 0 Å². The third-order valence-electron chi connectivity index (χ3n) is 2.71. The highest BCUT2D eigenvalue weighted by Gasteiger charge is 2.11. The molecule has 1 aliphatic heterocycles. The average molecular weight is 185 g/mol. The fraction of sp³-hybridized carbons (Fsp3) is 1.00. The topological polar surface area (TPSA) is 21.3 Å². The van der Waals surface area contributed by atoms with Gasteiger partial charge in [0.15, 0.2) is 0 Å². The minimum absolute atomic E-state index is 0.871. The van der Waals surface area contributed by atoms with Crippen LogP contribution in [0.1, 0.15) is 39.0 Å². The molecule has 1 saturated heterocycles. The summed E-state index contributed by atoms with van der Waals surface area (Å²) in [6.45, 7) is 6.54. The van der Waals surface area contributed by atoms with Crippen molar-refractivity contribution in [3.05, 3.63) is 0 Å². The summed E-state index contributed by atoms with van der Waals surface area (Å²) in [5.41, 5.74) is 0. The lowest BCUT2D eigenvalue weighted by molar-refractivity contribution is 0.113. The summed E-state index contributed by atoms with van der Waals surface area (Å²) in [5, 5.41) is 3.43. The highest BCUT2D eigenvalue weighted by molar-refractivity contribution is 4.68. The largest absolute Gasteiger partial charge is 0.381 e. The molecule has 1 aliphatic rings. The monoisotopic (exact) mass is 185 g/mol. The Hall–Kier alpha value is -0.0800. The SMILES string of the molecule is CCCCOCCC1CCCNC1. The molecule has 0 radical (unpaired) electrons. The molecule has 0 aromatic rings. The molecule has 0 amide bonds. The van der Waals surface area contributed by atoms with E-state index in [1.165, 1.54) is 45.2 Å². The Kier molecular flexibility index (Phi) is 6.21. The number of nitrogens with one attached hydrogen (secondary N) is 1. The van der Waals surface area contributed by atoms with Crippen molar-refractivity contribution < 1.29 is 4.74 Å². The zero-order valence-corrected chi connectivity index (χ0v) is 8.85. The predicted molar refractivity (Wildman–Crippen MR) is 55.9 cm³/mol. The van der Waals surface area contributed by atoms with Gasteiger partial charge >= 0.3 is 0 Å². The van der Waals surface area contributed by atoms with Crippen molar-refractivity contribution in [1.82, 2.24) is 5.32 Å². The van der Waals surface area contributed by atoms with Crippen LogP contribution in [0.15, 0.2) is 0 Å². The number of hydrogen-bond donors (Lipinski definition) is 1. The Bertz CT molecular complexity index is 111. The standard InChI is InChI=1S/C11H23NO/c1-2-3-8-13-9-6-11-5-4-7-12-10-11/h11-12H,2-10H2,1H3. The molecule has 0 aliphatic carbocycles. The lowest BCUT2D eigenvalue weighted by Crippen LogP contribution is -2.30. The summed E-state index contributed by atoms with van der Waals surface area (Å²) >= 11 is 0. The molecule has 0 bridgehead atoms. The summed E-state index contributed by atoms with van der Waals surface area (Å²) in [4.78, 5) is 0. The van der Waals surface area contributed by atoms with Gasteiger partial charge in [-0.25, -0.2) is 0 Å². The van der Waals surface area contributed by atoms with E-state index in [2.05, 4.69) is 12.2 Å². The molecule has 0 aromatic carbocycles. The summed E-state index contributed by atoms with van der Waals surface area (Å²) < 4.78 is 5.55. The van der Waals surface area contributed by atoms with Gasteiger partial charge in [0.1, 0.15) is 0 Å². The molecule has 1 fully saturated rings. The summed E-state index contributed by atoms with van der Waals surface area (Å²) in [6, 6.07) is 0. The third kappa shape index (κ3) is 5.27. The molecule has 13 heavy (non-hydrogen) atoms. The van der Waals surface area contributed by atoms with Crippen LogP contribution in [-0.2, 0) is 4.74 Å². The summed E-state index contributed by atoms with van der Waals surface area (Å²) in [5.74, 6) is 0.871. The van der Waals surface area contributed by atoms with Crippen molar-refractivity contribution >= 4 is 0 Å². The van der Waals surface area contributed by atoms with Gasteiger partial charge in [-0.05, 0) is 44.7 Å². The van der Waals surface area contributed by atoms with E-state index in [1.807, 2.05) is 0 Å². The zero-order chi connectivity index (χ0) is 9.36. The number of piperidine rings is 1. The quantitative estimate of drug-likeness (QED) is 0.640. The van der Waals surface area contributed by atoms with Gasteiger partial charge in [0.05, 0.1) is 0 Å². The van der Waals surface area contributed by atoms with E-state index >= 15 is 0 Å². The van der Waals surface area contributed by atoms with Crippen molar-refractivity contribution in [2.24, 2.45) is 5.92 Å². The molecule has 1 N–H and O–H groups in total. The van der Waals surface area contributed by atoms with Crippen LogP contribution >= 0.6 is 0 Å². The van der Waals surface area contributed by atoms with Crippen molar-refractivity contribution in [2.75, 3.05) is 26.3 Å². The lowest BCUT2D eigenvalue weighted by Gasteiger charge is -2.22. The van der Waals surface area contributed by atoms with Crippen molar-refractivity contribution in [1.29, 1.82) is 0 Å². The summed E-state index contributed by atoms with van der Waals surface area (Å²) in [6.07, 6.45) is 6.44. The van der Waals surface area contributed by atoms with Crippen LogP contribution in [-0.4, -0.2) is 26.3 Å². The second-order valence-corrected chi connectivity index (χ2v) is 3.97. The minimum atomic E-state index is 0.871.